The SMILES string of the molecule is CCn1c(CCNC(=O)N2CC[C@]3(CN(C)C(=O)CO3)C2)nc2ccccc21. The molecule has 8 nitrogen and oxygen atoms in total. The summed E-state index contributed by atoms with van der Waals surface area (Å²) in [4.78, 5) is 32.4. The molecule has 3 heterocycles. The van der Waals surface area contributed by atoms with Crippen LogP contribution in [-0.2, 0) is 22.5 Å². The first-order valence-corrected chi connectivity index (χ1v) is 9.86. The molecule has 1 aromatic carbocycles. The van der Waals surface area contributed by atoms with Gasteiger partial charge in [0.1, 0.15) is 18.0 Å². The minimum absolute atomic E-state index is 0.00709. The highest BCUT2D eigenvalue weighted by atomic mass is 16.5. The Bertz CT molecular complexity index is 895. The van der Waals surface area contributed by atoms with Gasteiger partial charge in [-0.05, 0) is 25.5 Å². The van der Waals surface area contributed by atoms with E-state index in [0.717, 1.165) is 29.8 Å². The predicted octanol–water partition coefficient (Wildman–Crippen LogP) is 1.24. The lowest BCUT2D eigenvalue weighted by molar-refractivity contribution is -0.158. The molecule has 3 amide bonds. The first-order valence-electron chi connectivity index (χ1n) is 9.86. The number of nitrogens with one attached hydrogen (secondary N) is 1. The van der Waals surface area contributed by atoms with Gasteiger partial charge in [0.05, 0.1) is 24.1 Å². The number of hydrogen-bond donors (Lipinski definition) is 1. The molecule has 4 rings (SSSR count). The molecule has 2 aliphatic heterocycles. The lowest BCUT2D eigenvalue weighted by Gasteiger charge is -2.38. The maximum Gasteiger partial charge on any atom is 0.317 e. The molecule has 0 radical (unpaired) electrons. The van der Waals surface area contributed by atoms with E-state index in [2.05, 4.69) is 22.9 Å². The number of aryl methyl sites for hydroxylation is 1. The average molecular weight is 385 g/mol. The molecule has 0 bridgehead atoms. The fourth-order valence-corrected chi connectivity index (χ4v) is 4.22. The Morgan fingerprint density at radius 2 is 2.14 bits per heavy atom. The number of urea groups is 1. The number of carbonyl (C=O) groups is 2. The van der Waals surface area contributed by atoms with Gasteiger partial charge in [0, 0.05) is 33.1 Å². The molecule has 2 aliphatic rings. The molecule has 0 unspecified atom stereocenters. The Labute approximate surface area is 164 Å². The van der Waals surface area contributed by atoms with Crippen LogP contribution in [0.1, 0.15) is 19.2 Å². The van der Waals surface area contributed by atoms with Crippen molar-refractivity contribution >= 4 is 23.0 Å². The number of fused-ring (bicyclic) bond motifs is 1. The van der Waals surface area contributed by atoms with Gasteiger partial charge in [0.2, 0.25) is 5.91 Å². The third-order valence-corrected chi connectivity index (χ3v) is 5.73. The second kappa shape index (κ2) is 7.43. The summed E-state index contributed by atoms with van der Waals surface area (Å²) in [6.45, 7) is 5.28. The Morgan fingerprint density at radius 3 is 2.93 bits per heavy atom. The Kier molecular flexibility index (Phi) is 4.97. The Hall–Kier alpha value is -2.61. The molecule has 8 heteroatoms. The van der Waals surface area contributed by atoms with Crippen molar-refractivity contribution in [2.75, 3.05) is 39.8 Å². The van der Waals surface area contributed by atoms with Crippen LogP contribution in [0, 0.1) is 0 Å². The Morgan fingerprint density at radius 1 is 1.32 bits per heavy atom. The van der Waals surface area contributed by atoms with Gasteiger partial charge in [-0.2, -0.15) is 0 Å². The van der Waals surface area contributed by atoms with Crippen LogP contribution in [0.4, 0.5) is 4.79 Å². The van der Waals surface area contributed by atoms with E-state index in [0.29, 0.717) is 32.6 Å². The van der Waals surface area contributed by atoms with E-state index in [-0.39, 0.29) is 18.5 Å². The zero-order valence-corrected chi connectivity index (χ0v) is 16.5. The van der Waals surface area contributed by atoms with Gasteiger partial charge in [-0.15, -0.1) is 0 Å². The lowest BCUT2D eigenvalue weighted by Crippen LogP contribution is -2.55. The number of carbonyl (C=O) groups excluding carboxylic acids is 2. The lowest BCUT2D eigenvalue weighted by atomic mass is 10.0. The maximum absolute atomic E-state index is 12.6. The summed E-state index contributed by atoms with van der Waals surface area (Å²) in [5.41, 5.74) is 1.69. The topological polar surface area (TPSA) is 79.7 Å². The second-order valence-corrected chi connectivity index (χ2v) is 7.64. The van der Waals surface area contributed by atoms with E-state index < -0.39 is 5.60 Å². The quantitative estimate of drug-likeness (QED) is 0.859. The van der Waals surface area contributed by atoms with Crippen molar-refractivity contribution < 1.29 is 14.3 Å². The summed E-state index contributed by atoms with van der Waals surface area (Å²) < 4.78 is 7.99. The Balaban J connectivity index is 1.33. The summed E-state index contributed by atoms with van der Waals surface area (Å²) in [5, 5.41) is 3.01. The fraction of sp³-hybridized carbons (Fsp3) is 0.550. The van der Waals surface area contributed by atoms with Crippen LogP contribution < -0.4 is 5.32 Å². The van der Waals surface area contributed by atoms with Crippen LogP contribution in [-0.4, -0.2) is 76.7 Å². The largest absolute Gasteiger partial charge is 0.361 e. The normalized spacial score (nSPS) is 22.4. The molecular formula is C20H27N5O3. The molecule has 2 fully saturated rings. The van der Waals surface area contributed by atoms with E-state index in [9.17, 15) is 9.59 Å². The van der Waals surface area contributed by atoms with Crippen LogP contribution in [0.5, 0.6) is 0 Å². The summed E-state index contributed by atoms with van der Waals surface area (Å²) >= 11 is 0. The summed E-state index contributed by atoms with van der Waals surface area (Å²) in [6, 6.07) is 8.01. The van der Waals surface area contributed by atoms with Crippen molar-refractivity contribution in [3.63, 3.8) is 0 Å². The van der Waals surface area contributed by atoms with Crippen LogP contribution in [0.2, 0.25) is 0 Å². The third kappa shape index (κ3) is 3.44. The number of aromatic nitrogens is 2. The van der Waals surface area contributed by atoms with Crippen LogP contribution in [0.25, 0.3) is 11.0 Å². The van der Waals surface area contributed by atoms with E-state index in [4.69, 9.17) is 9.72 Å². The average Bonchev–Trinajstić information content (AvgIpc) is 3.26. The maximum atomic E-state index is 12.6. The van der Waals surface area contributed by atoms with Gasteiger partial charge in [-0.1, -0.05) is 12.1 Å². The second-order valence-electron chi connectivity index (χ2n) is 7.64. The highest BCUT2D eigenvalue weighted by molar-refractivity contribution is 5.78. The minimum atomic E-state index is -0.420. The van der Waals surface area contributed by atoms with Crippen molar-refractivity contribution in [3.8, 4) is 0 Å². The zero-order chi connectivity index (χ0) is 19.7. The number of likely N-dealkylation sites (N-methyl/N-ethyl adjacent to an activating group) is 1. The standard InChI is InChI=1S/C20H27N5O3/c1-3-25-16-7-5-4-6-15(16)22-17(25)8-10-21-19(27)24-11-9-20(14-24)13-23(2)18(26)12-28-20/h4-7H,3,8-14H2,1-2H3,(H,21,27)/t20-/m0/s1. The molecule has 0 saturated carbocycles. The van der Waals surface area contributed by atoms with Gasteiger partial charge < -0.3 is 24.4 Å². The first-order chi connectivity index (χ1) is 13.5. The third-order valence-electron chi connectivity index (χ3n) is 5.73. The number of ether oxygens (including phenoxy) is 1. The predicted molar refractivity (Wildman–Crippen MR) is 105 cm³/mol. The van der Waals surface area contributed by atoms with Gasteiger partial charge in [0.25, 0.3) is 0 Å². The zero-order valence-electron chi connectivity index (χ0n) is 16.5. The number of para-hydroxylation sites is 2. The van der Waals surface area contributed by atoms with Crippen LogP contribution in [0.15, 0.2) is 24.3 Å². The molecule has 1 spiro atoms. The molecule has 1 atom stereocenters. The molecule has 0 aliphatic carbocycles. The van der Waals surface area contributed by atoms with Gasteiger partial charge in [0.15, 0.2) is 0 Å². The summed E-state index contributed by atoms with van der Waals surface area (Å²) in [6.07, 6.45) is 1.44. The number of amides is 3. The minimum Gasteiger partial charge on any atom is -0.361 e. The van der Waals surface area contributed by atoms with E-state index in [1.165, 1.54) is 0 Å². The van der Waals surface area contributed by atoms with Gasteiger partial charge >= 0.3 is 6.03 Å². The molecule has 150 valence electrons. The van der Waals surface area contributed by atoms with Crippen molar-refractivity contribution in [1.82, 2.24) is 24.7 Å². The van der Waals surface area contributed by atoms with E-state index in [1.807, 2.05) is 18.2 Å². The van der Waals surface area contributed by atoms with Gasteiger partial charge in [-0.3, -0.25) is 4.79 Å². The van der Waals surface area contributed by atoms with Crippen molar-refractivity contribution in [2.45, 2.75) is 31.9 Å². The number of rotatable bonds is 4. The molecule has 1 N–H and O–H groups in total. The molecule has 2 aromatic rings. The number of morpholine rings is 1. The monoisotopic (exact) mass is 385 g/mol. The van der Waals surface area contributed by atoms with Crippen molar-refractivity contribution in [1.29, 1.82) is 0 Å². The molecular weight excluding hydrogens is 358 g/mol. The molecule has 1 aromatic heterocycles. The summed E-state index contributed by atoms with van der Waals surface area (Å²) in [5.74, 6) is 0.977. The molecule has 2 saturated heterocycles. The number of likely N-dealkylation sites (tertiary alicyclic amines) is 1. The smallest absolute Gasteiger partial charge is 0.317 e. The van der Waals surface area contributed by atoms with Crippen LogP contribution in [0.3, 0.4) is 0 Å². The molecule has 28 heavy (non-hydrogen) atoms. The highest BCUT2D eigenvalue weighted by Gasteiger charge is 2.45. The number of hydrogen-bond acceptors (Lipinski definition) is 4. The van der Waals surface area contributed by atoms with Crippen LogP contribution >= 0.6 is 0 Å². The highest BCUT2D eigenvalue weighted by Crippen LogP contribution is 2.29. The first kappa shape index (κ1) is 18.7. The van der Waals surface area contributed by atoms with Gasteiger partial charge in [-0.25, -0.2) is 9.78 Å². The van der Waals surface area contributed by atoms with Crippen molar-refractivity contribution in [2.24, 2.45) is 0 Å². The van der Waals surface area contributed by atoms with E-state index >= 15 is 0 Å². The number of benzene rings is 1. The number of nitrogens with zero attached hydrogens (tertiary/aromatic N) is 4. The number of imidazole rings is 1. The van der Waals surface area contributed by atoms with E-state index in [1.54, 1.807) is 16.8 Å². The fourth-order valence-electron chi connectivity index (χ4n) is 4.22. The van der Waals surface area contributed by atoms with Crippen molar-refractivity contribution in [3.05, 3.63) is 30.1 Å². The summed E-state index contributed by atoms with van der Waals surface area (Å²) in [7, 11) is 1.79.